The van der Waals surface area contributed by atoms with Gasteiger partial charge in [0.15, 0.2) is 0 Å². The SMILES string of the molecule is O=C(CCc1ccccc1)Nc1cccc(NC(=O)Cc2ccccc2Nc2c(Cl)cccc2Cl)c1. The van der Waals surface area contributed by atoms with E-state index >= 15 is 0 Å². The van der Waals surface area contributed by atoms with Gasteiger partial charge in [-0.3, -0.25) is 9.59 Å². The molecule has 0 heterocycles. The topological polar surface area (TPSA) is 70.2 Å². The van der Waals surface area contributed by atoms with Crippen molar-refractivity contribution in [3.8, 4) is 0 Å². The summed E-state index contributed by atoms with van der Waals surface area (Å²) in [5.74, 6) is -0.275. The van der Waals surface area contributed by atoms with Crippen molar-refractivity contribution in [1.82, 2.24) is 0 Å². The summed E-state index contributed by atoms with van der Waals surface area (Å²) >= 11 is 12.6. The summed E-state index contributed by atoms with van der Waals surface area (Å²) in [6.45, 7) is 0. The molecule has 0 aliphatic rings. The predicted molar refractivity (Wildman–Crippen MR) is 148 cm³/mol. The first-order chi connectivity index (χ1) is 17.5. The van der Waals surface area contributed by atoms with Gasteiger partial charge in [0.1, 0.15) is 0 Å². The molecule has 0 atom stereocenters. The molecule has 0 aliphatic carbocycles. The Morgan fingerprint density at radius 1 is 0.667 bits per heavy atom. The number of halogens is 2. The average molecular weight is 518 g/mol. The molecule has 0 unspecified atom stereocenters. The summed E-state index contributed by atoms with van der Waals surface area (Å²) in [5, 5.41) is 10.0. The molecule has 4 rings (SSSR count). The van der Waals surface area contributed by atoms with E-state index in [4.69, 9.17) is 23.2 Å². The maximum Gasteiger partial charge on any atom is 0.228 e. The molecule has 0 saturated heterocycles. The molecular weight excluding hydrogens is 493 g/mol. The van der Waals surface area contributed by atoms with Crippen molar-refractivity contribution in [2.75, 3.05) is 16.0 Å². The Bertz CT molecular complexity index is 1340. The standard InChI is InChI=1S/C29H25Cl2N3O2/c30-24-13-7-14-25(31)29(24)34-26-15-5-4-10-21(26)18-28(36)33-23-12-6-11-22(19-23)32-27(35)17-16-20-8-2-1-3-9-20/h1-15,19,34H,16-18H2,(H,32,35)(H,33,36). The first kappa shape index (κ1) is 25.3. The number of aryl methyl sites for hydroxylation is 1. The lowest BCUT2D eigenvalue weighted by atomic mass is 10.1. The number of anilines is 4. The Hall–Kier alpha value is -3.80. The van der Waals surface area contributed by atoms with Gasteiger partial charge in [0, 0.05) is 23.5 Å². The first-order valence-electron chi connectivity index (χ1n) is 11.5. The molecule has 36 heavy (non-hydrogen) atoms. The molecule has 4 aromatic carbocycles. The molecule has 5 nitrogen and oxygen atoms in total. The predicted octanol–water partition coefficient (Wildman–Crippen LogP) is 7.49. The highest BCUT2D eigenvalue weighted by Gasteiger charge is 2.12. The summed E-state index contributed by atoms with van der Waals surface area (Å²) in [5.41, 5.74) is 4.45. The van der Waals surface area contributed by atoms with E-state index in [9.17, 15) is 9.59 Å². The highest BCUT2D eigenvalue weighted by atomic mass is 35.5. The Kier molecular flexibility index (Phi) is 8.61. The molecule has 0 bridgehead atoms. The van der Waals surface area contributed by atoms with Crippen molar-refractivity contribution in [1.29, 1.82) is 0 Å². The van der Waals surface area contributed by atoms with Gasteiger partial charge in [0.25, 0.3) is 0 Å². The summed E-state index contributed by atoms with van der Waals surface area (Å²) < 4.78 is 0. The van der Waals surface area contributed by atoms with Crippen LogP contribution in [0.15, 0.2) is 97.1 Å². The van der Waals surface area contributed by atoms with Crippen LogP contribution >= 0.6 is 23.2 Å². The number of carbonyl (C=O) groups is 2. The minimum absolute atomic E-state index is 0.0828. The van der Waals surface area contributed by atoms with E-state index in [-0.39, 0.29) is 18.2 Å². The molecule has 0 aliphatic heterocycles. The fourth-order valence-corrected chi connectivity index (χ4v) is 4.22. The van der Waals surface area contributed by atoms with Crippen LogP contribution < -0.4 is 16.0 Å². The van der Waals surface area contributed by atoms with E-state index < -0.39 is 0 Å². The highest BCUT2D eigenvalue weighted by molar-refractivity contribution is 6.39. The quantitative estimate of drug-likeness (QED) is 0.215. The average Bonchev–Trinajstić information content (AvgIpc) is 2.87. The van der Waals surface area contributed by atoms with Gasteiger partial charge in [-0.15, -0.1) is 0 Å². The molecule has 0 aromatic heterocycles. The summed E-state index contributed by atoms with van der Waals surface area (Å²) in [6.07, 6.45) is 1.18. The minimum atomic E-state index is -0.193. The first-order valence-corrected chi connectivity index (χ1v) is 12.3. The molecule has 3 N–H and O–H groups in total. The van der Waals surface area contributed by atoms with Crippen molar-refractivity contribution >= 4 is 57.8 Å². The fraction of sp³-hybridized carbons (Fsp3) is 0.103. The van der Waals surface area contributed by atoms with E-state index in [1.165, 1.54) is 0 Å². The van der Waals surface area contributed by atoms with Crippen LogP contribution in [0.25, 0.3) is 0 Å². The molecule has 7 heteroatoms. The van der Waals surface area contributed by atoms with E-state index in [0.29, 0.717) is 39.9 Å². The van der Waals surface area contributed by atoms with Crippen LogP contribution in [0.5, 0.6) is 0 Å². The molecule has 182 valence electrons. The van der Waals surface area contributed by atoms with Crippen molar-refractivity contribution < 1.29 is 9.59 Å². The molecular formula is C29H25Cl2N3O2. The highest BCUT2D eigenvalue weighted by Crippen LogP contribution is 2.33. The van der Waals surface area contributed by atoms with E-state index in [1.54, 1.807) is 42.5 Å². The second-order valence-electron chi connectivity index (χ2n) is 8.22. The van der Waals surface area contributed by atoms with Crippen LogP contribution in [-0.2, 0) is 22.4 Å². The van der Waals surface area contributed by atoms with Gasteiger partial charge < -0.3 is 16.0 Å². The Balaban J connectivity index is 1.36. The third-order valence-electron chi connectivity index (χ3n) is 5.50. The summed E-state index contributed by atoms with van der Waals surface area (Å²) in [4.78, 5) is 25.2. The van der Waals surface area contributed by atoms with Crippen molar-refractivity contribution in [2.24, 2.45) is 0 Å². The molecule has 0 saturated carbocycles. The summed E-state index contributed by atoms with van der Waals surface area (Å²) in [6, 6.07) is 29.7. The lowest BCUT2D eigenvalue weighted by Crippen LogP contribution is -2.16. The van der Waals surface area contributed by atoms with Crippen molar-refractivity contribution in [3.05, 3.63) is 118 Å². The van der Waals surface area contributed by atoms with E-state index in [1.807, 2.05) is 54.6 Å². The number of nitrogens with one attached hydrogen (secondary N) is 3. The Morgan fingerprint density at radius 3 is 2.00 bits per heavy atom. The van der Waals surface area contributed by atoms with Crippen LogP contribution in [0.3, 0.4) is 0 Å². The molecule has 0 radical (unpaired) electrons. The van der Waals surface area contributed by atoms with E-state index in [2.05, 4.69) is 16.0 Å². The number of hydrogen-bond donors (Lipinski definition) is 3. The number of para-hydroxylation sites is 2. The fourth-order valence-electron chi connectivity index (χ4n) is 3.73. The van der Waals surface area contributed by atoms with E-state index in [0.717, 1.165) is 16.8 Å². The van der Waals surface area contributed by atoms with Gasteiger partial charge in [-0.2, -0.15) is 0 Å². The van der Waals surface area contributed by atoms with Gasteiger partial charge in [0.05, 0.1) is 22.2 Å². The largest absolute Gasteiger partial charge is 0.353 e. The zero-order valence-electron chi connectivity index (χ0n) is 19.4. The van der Waals surface area contributed by atoms with Crippen molar-refractivity contribution in [3.63, 3.8) is 0 Å². The smallest absolute Gasteiger partial charge is 0.228 e. The maximum atomic E-state index is 12.8. The molecule has 2 amide bonds. The minimum Gasteiger partial charge on any atom is -0.353 e. The number of benzene rings is 4. The molecule has 4 aromatic rings. The monoisotopic (exact) mass is 517 g/mol. The number of hydrogen-bond acceptors (Lipinski definition) is 3. The normalized spacial score (nSPS) is 10.5. The summed E-state index contributed by atoms with van der Waals surface area (Å²) in [7, 11) is 0. The van der Waals surface area contributed by atoms with Crippen LogP contribution in [0.4, 0.5) is 22.7 Å². The van der Waals surface area contributed by atoms with Gasteiger partial charge in [-0.1, -0.05) is 83.9 Å². The van der Waals surface area contributed by atoms with Crippen LogP contribution in [0, 0.1) is 0 Å². The lowest BCUT2D eigenvalue weighted by Gasteiger charge is -2.15. The number of amides is 2. The third-order valence-corrected chi connectivity index (χ3v) is 6.13. The second-order valence-corrected chi connectivity index (χ2v) is 9.03. The van der Waals surface area contributed by atoms with Crippen LogP contribution in [0.2, 0.25) is 10.0 Å². The molecule has 0 fully saturated rings. The lowest BCUT2D eigenvalue weighted by molar-refractivity contribution is -0.116. The third kappa shape index (κ3) is 7.11. The molecule has 0 spiro atoms. The van der Waals surface area contributed by atoms with Gasteiger partial charge in [0.2, 0.25) is 11.8 Å². The zero-order valence-corrected chi connectivity index (χ0v) is 20.9. The number of rotatable bonds is 9. The van der Waals surface area contributed by atoms with Crippen LogP contribution in [0.1, 0.15) is 17.5 Å². The Morgan fingerprint density at radius 2 is 1.28 bits per heavy atom. The van der Waals surface area contributed by atoms with Crippen LogP contribution in [-0.4, -0.2) is 11.8 Å². The Labute approximate surface area is 220 Å². The second kappa shape index (κ2) is 12.2. The van der Waals surface area contributed by atoms with Gasteiger partial charge >= 0.3 is 0 Å². The van der Waals surface area contributed by atoms with Gasteiger partial charge in [-0.25, -0.2) is 0 Å². The van der Waals surface area contributed by atoms with Crippen molar-refractivity contribution in [2.45, 2.75) is 19.3 Å². The zero-order chi connectivity index (χ0) is 25.3. The van der Waals surface area contributed by atoms with Gasteiger partial charge in [-0.05, 0) is 53.9 Å². The maximum absolute atomic E-state index is 12.8. The number of carbonyl (C=O) groups excluding carboxylic acids is 2.